The van der Waals surface area contributed by atoms with Crippen LogP contribution in [0.25, 0.3) is 0 Å². The Kier molecular flexibility index (Phi) is 8.60. The van der Waals surface area contributed by atoms with Crippen molar-refractivity contribution in [2.24, 2.45) is 5.92 Å². The number of hydrogen-bond donors (Lipinski definition) is 1. The number of rotatable bonds is 10. The topological polar surface area (TPSA) is 12.0 Å². The van der Waals surface area contributed by atoms with Gasteiger partial charge in [-0.15, -0.1) is 0 Å². The lowest BCUT2D eigenvalue weighted by Gasteiger charge is -2.28. The van der Waals surface area contributed by atoms with Crippen molar-refractivity contribution >= 4 is 0 Å². The minimum atomic E-state index is 0.626. The van der Waals surface area contributed by atoms with Crippen molar-refractivity contribution in [2.45, 2.75) is 71.8 Å². The minimum Gasteiger partial charge on any atom is -0.313 e. The summed E-state index contributed by atoms with van der Waals surface area (Å²) in [5, 5.41) is 3.79. The van der Waals surface area contributed by atoms with Crippen LogP contribution in [0, 0.1) is 5.92 Å². The molecule has 2 unspecified atom stereocenters. The molecule has 0 heterocycles. The number of benzene rings is 1. The molecule has 2 atom stereocenters. The van der Waals surface area contributed by atoms with Gasteiger partial charge in [-0.25, -0.2) is 0 Å². The second kappa shape index (κ2) is 9.99. The van der Waals surface area contributed by atoms with Gasteiger partial charge in [0.15, 0.2) is 0 Å². The SMILES string of the molecule is CCCNC(CCCC(C)C)C(CC)c1ccccc1. The van der Waals surface area contributed by atoms with E-state index in [9.17, 15) is 0 Å². The van der Waals surface area contributed by atoms with E-state index in [1.165, 1.54) is 37.7 Å². The molecule has 0 aromatic heterocycles. The van der Waals surface area contributed by atoms with E-state index in [-0.39, 0.29) is 0 Å². The summed E-state index contributed by atoms with van der Waals surface area (Å²) in [4.78, 5) is 0. The molecule has 20 heavy (non-hydrogen) atoms. The molecule has 0 spiro atoms. The summed E-state index contributed by atoms with van der Waals surface area (Å²) < 4.78 is 0. The van der Waals surface area contributed by atoms with Gasteiger partial charge in [0, 0.05) is 6.04 Å². The number of hydrogen-bond acceptors (Lipinski definition) is 1. The van der Waals surface area contributed by atoms with Gasteiger partial charge in [0.05, 0.1) is 0 Å². The first-order valence-corrected chi connectivity index (χ1v) is 8.47. The molecule has 1 heteroatoms. The van der Waals surface area contributed by atoms with Crippen molar-refractivity contribution in [2.75, 3.05) is 6.54 Å². The zero-order valence-electron chi connectivity index (χ0n) is 13.9. The van der Waals surface area contributed by atoms with Crippen LogP contribution in [0.3, 0.4) is 0 Å². The van der Waals surface area contributed by atoms with Crippen LogP contribution in [-0.2, 0) is 0 Å². The van der Waals surface area contributed by atoms with Crippen LogP contribution in [0.4, 0.5) is 0 Å². The Balaban J connectivity index is 2.67. The summed E-state index contributed by atoms with van der Waals surface area (Å²) in [6.45, 7) is 10.4. The molecule has 1 aromatic rings. The van der Waals surface area contributed by atoms with Crippen molar-refractivity contribution in [3.63, 3.8) is 0 Å². The molecule has 1 nitrogen and oxygen atoms in total. The van der Waals surface area contributed by atoms with Gasteiger partial charge in [-0.3, -0.25) is 0 Å². The highest BCUT2D eigenvalue weighted by molar-refractivity contribution is 5.21. The summed E-state index contributed by atoms with van der Waals surface area (Å²) in [5.74, 6) is 1.47. The van der Waals surface area contributed by atoms with Crippen LogP contribution in [0.15, 0.2) is 30.3 Å². The average Bonchev–Trinajstić information content (AvgIpc) is 2.45. The molecule has 0 saturated carbocycles. The van der Waals surface area contributed by atoms with E-state index >= 15 is 0 Å². The van der Waals surface area contributed by atoms with Gasteiger partial charge in [0.25, 0.3) is 0 Å². The molecule has 0 radical (unpaired) electrons. The summed E-state index contributed by atoms with van der Waals surface area (Å²) in [5.41, 5.74) is 1.49. The summed E-state index contributed by atoms with van der Waals surface area (Å²) in [6.07, 6.45) is 6.41. The molecule has 1 aromatic carbocycles. The lowest BCUT2D eigenvalue weighted by atomic mass is 9.85. The van der Waals surface area contributed by atoms with Gasteiger partial charge >= 0.3 is 0 Å². The first-order valence-electron chi connectivity index (χ1n) is 8.47. The lowest BCUT2D eigenvalue weighted by molar-refractivity contribution is 0.376. The van der Waals surface area contributed by atoms with Crippen LogP contribution in [0.1, 0.15) is 71.3 Å². The van der Waals surface area contributed by atoms with Crippen molar-refractivity contribution in [3.05, 3.63) is 35.9 Å². The fraction of sp³-hybridized carbons (Fsp3) is 0.684. The molecule has 0 aliphatic heterocycles. The Bertz CT molecular complexity index is 331. The van der Waals surface area contributed by atoms with Crippen LogP contribution >= 0.6 is 0 Å². The molecule has 0 saturated heterocycles. The molecule has 0 amide bonds. The summed E-state index contributed by atoms with van der Waals surface area (Å²) in [6, 6.07) is 11.7. The Morgan fingerprint density at radius 3 is 2.25 bits per heavy atom. The molecule has 0 bridgehead atoms. The second-order valence-electron chi connectivity index (χ2n) is 6.31. The van der Waals surface area contributed by atoms with Crippen molar-refractivity contribution in [3.8, 4) is 0 Å². The summed E-state index contributed by atoms with van der Waals surface area (Å²) in [7, 11) is 0. The van der Waals surface area contributed by atoms with Crippen LogP contribution in [0.5, 0.6) is 0 Å². The highest BCUT2D eigenvalue weighted by atomic mass is 14.9. The third-order valence-corrected chi connectivity index (χ3v) is 4.11. The van der Waals surface area contributed by atoms with E-state index < -0.39 is 0 Å². The Morgan fingerprint density at radius 2 is 1.70 bits per heavy atom. The van der Waals surface area contributed by atoms with Gasteiger partial charge < -0.3 is 5.32 Å². The molecular formula is C19H33N. The fourth-order valence-corrected chi connectivity index (χ4v) is 2.97. The van der Waals surface area contributed by atoms with Crippen LogP contribution in [-0.4, -0.2) is 12.6 Å². The standard InChI is InChI=1S/C19H33N/c1-5-15-20-19(14-10-11-16(3)4)18(6-2)17-12-8-7-9-13-17/h7-9,12-13,16,18-20H,5-6,10-11,14-15H2,1-4H3. The van der Waals surface area contributed by atoms with Gasteiger partial charge in [-0.1, -0.05) is 70.9 Å². The minimum absolute atomic E-state index is 0.626. The maximum atomic E-state index is 3.79. The third-order valence-electron chi connectivity index (χ3n) is 4.11. The van der Waals surface area contributed by atoms with E-state index in [1.807, 2.05) is 0 Å². The zero-order valence-corrected chi connectivity index (χ0v) is 13.9. The largest absolute Gasteiger partial charge is 0.313 e. The Morgan fingerprint density at radius 1 is 1.00 bits per heavy atom. The van der Waals surface area contributed by atoms with Crippen molar-refractivity contribution in [1.29, 1.82) is 0 Å². The van der Waals surface area contributed by atoms with E-state index in [1.54, 1.807) is 0 Å². The average molecular weight is 275 g/mol. The quantitative estimate of drug-likeness (QED) is 0.605. The molecule has 1 rings (SSSR count). The summed E-state index contributed by atoms with van der Waals surface area (Å²) >= 11 is 0. The van der Waals surface area contributed by atoms with Gasteiger partial charge in [-0.2, -0.15) is 0 Å². The zero-order chi connectivity index (χ0) is 14.8. The second-order valence-corrected chi connectivity index (χ2v) is 6.31. The molecule has 1 N–H and O–H groups in total. The Labute approximate surface area is 126 Å². The lowest BCUT2D eigenvalue weighted by Crippen LogP contribution is -2.35. The molecule has 0 fully saturated rings. The highest BCUT2D eigenvalue weighted by Gasteiger charge is 2.20. The first-order chi connectivity index (χ1) is 9.69. The van der Waals surface area contributed by atoms with Crippen molar-refractivity contribution in [1.82, 2.24) is 5.32 Å². The van der Waals surface area contributed by atoms with Gasteiger partial charge in [-0.05, 0) is 43.2 Å². The van der Waals surface area contributed by atoms with E-state index in [2.05, 4.69) is 63.3 Å². The van der Waals surface area contributed by atoms with Crippen LogP contribution in [0.2, 0.25) is 0 Å². The van der Waals surface area contributed by atoms with E-state index in [0.29, 0.717) is 12.0 Å². The fourth-order valence-electron chi connectivity index (χ4n) is 2.97. The third kappa shape index (κ3) is 6.09. The highest BCUT2D eigenvalue weighted by Crippen LogP contribution is 2.26. The molecular weight excluding hydrogens is 242 g/mol. The molecule has 0 aliphatic rings. The predicted octanol–water partition coefficient (Wildman–Crippen LogP) is 5.37. The van der Waals surface area contributed by atoms with Gasteiger partial charge in [0.2, 0.25) is 0 Å². The normalized spacial score (nSPS) is 14.4. The smallest absolute Gasteiger partial charge is 0.0136 e. The first kappa shape index (κ1) is 17.2. The van der Waals surface area contributed by atoms with Crippen LogP contribution < -0.4 is 5.32 Å². The monoisotopic (exact) mass is 275 g/mol. The number of nitrogens with one attached hydrogen (secondary N) is 1. The molecule has 114 valence electrons. The van der Waals surface area contributed by atoms with E-state index in [0.717, 1.165) is 12.5 Å². The van der Waals surface area contributed by atoms with Crippen molar-refractivity contribution < 1.29 is 0 Å². The Hall–Kier alpha value is -0.820. The maximum absolute atomic E-state index is 3.79. The van der Waals surface area contributed by atoms with Gasteiger partial charge in [0.1, 0.15) is 0 Å². The predicted molar refractivity (Wildman–Crippen MR) is 90.2 cm³/mol. The molecule has 0 aliphatic carbocycles. The maximum Gasteiger partial charge on any atom is 0.0136 e. The van der Waals surface area contributed by atoms with E-state index in [4.69, 9.17) is 0 Å².